The molecule has 3 aromatic carbocycles. The molecular formula is C23H21BrN4O3. The Bertz CT molecular complexity index is 1110. The molecule has 0 aromatic heterocycles. The first-order valence-electron chi connectivity index (χ1n) is 9.43. The highest BCUT2D eigenvalue weighted by Gasteiger charge is 2.09. The third kappa shape index (κ3) is 6.48. The van der Waals surface area contributed by atoms with E-state index in [1.165, 1.54) is 12.3 Å². The lowest BCUT2D eigenvalue weighted by Crippen LogP contribution is -2.24. The monoisotopic (exact) mass is 480 g/mol. The summed E-state index contributed by atoms with van der Waals surface area (Å²) >= 11 is 3.44. The van der Waals surface area contributed by atoms with Gasteiger partial charge < -0.3 is 9.84 Å². The minimum atomic E-state index is -0.428. The Labute approximate surface area is 188 Å². The lowest BCUT2D eigenvalue weighted by molar-refractivity contribution is -0.123. The molecule has 3 aromatic rings. The average Bonchev–Trinajstić information content (AvgIpc) is 2.74. The number of halogens is 1. The zero-order valence-electron chi connectivity index (χ0n) is 17.0. The van der Waals surface area contributed by atoms with Gasteiger partial charge in [0, 0.05) is 5.56 Å². The van der Waals surface area contributed by atoms with Crippen molar-refractivity contribution in [1.82, 2.24) is 5.43 Å². The fourth-order valence-electron chi connectivity index (χ4n) is 2.75. The molecule has 0 radical (unpaired) electrons. The number of hydrazone groups is 1. The summed E-state index contributed by atoms with van der Waals surface area (Å²) in [5.74, 6) is 0.188. The van der Waals surface area contributed by atoms with Gasteiger partial charge in [-0.1, -0.05) is 24.3 Å². The maximum absolute atomic E-state index is 12.0. The van der Waals surface area contributed by atoms with E-state index in [-0.39, 0.29) is 12.4 Å². The van der Waals surface area contributed by atoms with Gasteiger partial charge in [-0.3, -0.25) is 4.79 Å². The zero-order chi connectivity index (χ0) is 22.2. The third-order valence-electron chi connectivity index (χ3n) is 4.16. The lowest BCUT2D eigenvalue weighted by Gasteiger charge is -2.11. The summed E-state index contributed by atoms with van der Waals surface area (Å²) in [6, 6.07) is 17.9. The van der Waals surface area contributed by atoms with E-state index in [2.05, 4.69) is 36.7 Å². The van der Waals surface area contributed by atoms with Crippen LogP contribution in [-0.4, -0.2) is 23.8 Å². The summed E-state index contributed by atoms with van der Waals surface area (Å²) in [7, 11) is 0. The number of nitrogens with one attached hydrogen (secondary N) is 1. The molecule has 0 aliphatic rings. The molecule has 1 amide bonds. The summed E-state index contributed by atoms with van der Waals surface area (Å²) < 4.78 is 6.38. The molecule has 0 spiro atoms. The van der Waals surface area contributed by atoms with Crippen molar-refractivity contribution in [2.45, 2.75) is 13.8 Å². The van der Waals surface area contributed by atoms with E-state index in [4.69, 9.17) is 4.74 Å². The highest BCUT2D eigenvalue weighted by atomic mass is 79.9. The second-order valence-electron chi connectivity index (χ2n) is 6.75. The molecule has 0 unspecified atom stereocenters. The van der Waals surface area contributed by atoms with Gasteiger partial charge in [0.2, 0.25) is 0 Å². The van der Waals surface area contributed by atoms with Gasteiger partial charge in [-0.15, -0.1) is 0 Å². The maximum Gasteiger partial charge on any atom is 0.277 e. The second-order valence-corrected chi connectivity index (χ2v) is 7.61. The number of hydrogen-bond acceptors (Lipinski definition) is 6. The van der Waals surface area contributed by atoms with Crippen molar-refractivity contribution >= 4 is 39.4 Å². The van der Waals surface area contributed by atoms with E-state index in [0.717, 1.165) is 15.6 Å². The van der Waals surface area contributed by atoms with Crippen LogP contribution in [0.1, 0.15) is 16.7 Å². The van der Waals surface area contributed by atoms with E-state index in [9.17, 15) is 9.90 Å². The van der Waals surface area contributed by atoms with Gasteiger partial charge in [-0.25, -0.2) is 5.43 Å². The summed E-state index contributed by atoms with van der Waals surface area (Å²) in [6.07, 6.45) is 1.34. The summed E-state index contributed by atoms with van der Waals surface area (Å²) in [6.45, 7) is 3.70. The average molecular weight is 481 g/mol. The molecule has 0 aliphatic heterocycles. The van der Waals surface area contributed by atoms with Gasteiger partial charge in [0.25, 0.3) is 5.91 Å². The van der Waals surface area contributed by atoms with Crippen molar-refractivity contribution in [3.05, 3.63) is 81.8 Å². The Balaban J connectivity index is 1.59. The van der Waals surface area contributed by atoms with Crippen LogP contribution in [-0.2, 0) is 4.79 Å². The topological polar surface area (TPSA) is 95.6 Å². The number of aromatic hydroxyl groups is 1. The number of azo groups is 1. The van der Waals surface area contributed by atoms with Gasteiger partial charge in [0.15, 0.2) is 6.61 Å². The molecule has 0 bridgehead atoms. The number of nitrogens with zero attached hydrogens (tertiary/aromatic N) is 3. The van der Waals surface area contributed by atoms with Crippen LogP contribution in [0.4, 0.5) is 11.4 Å². The first-order valence-corrected chi connectivity index (χ1v) is 10.2. The number of hydrogen-bond donors (Lipinski definition) is 2. The van der Waals surface area contributed by atoms with Crippen molar-refractivity contribution in [2.75, 3.05) is 6.61 Å². The summed E-state index contributed by atoms with van der Waals surface area (Å²) in [4.78, 5) is 12.0. The molecule has 0 aliphatic carbocycles. The number of phenols is 1. The predicted octanol–water partition coefficient (Wildman–Crippen LogP) is 5.72. The normalized spacial score (nSPS) is 11.2. The standard InChI is InChI=1S/C23H21BrN4O3/c1-15-10-16(2)23(20(24)11-15)31-14-22(30)28-25-13-17-12-19(8-9-21(17)29)27-26-18-6-4-3-5-7-18/h3-13,29H,14H2,1-2H3,(H,28,30)/b25-13-,27-26?. The number of phenolic OH excluding ortho intramolecular Hbond substituents is 1. The minimum Gasteiger partial charge on any atom is -0.507 e. The summed E-state index contributed by atoms with van der Waals surface area (Å²) in [5, 5.41) is 22.2. The number of benzene rings is 3. The van der Waals surface area contributed by atoms with E-state index in [0.29, 0.717) is 22.7 Å². The lowest BCUT2D eigenvalue weighted by atomic mass is 10.1. The largest absolute Gasteiger partial charge is 0.507 e. The van der Waals surface area contributed by atoms with Gasteiger partial charge in [-0.2, -0.15) is 15.3 Å². The second kappa shape index (κ2) is 10.5. The van der Waals surface area contributed by atoms with E-state index >= 15 is 0 Å². The van der Waals surface area contributed by atoms with E-state index in [1.54, 1.807) is 12.1 Å². The first-order chi connectivity index (χ1) is 14.9. The van der Waals surface area contributed by atoms with Crippen LogP contribution in [0, 0.1) is 13.8 Å². The Morgan fingerprint density at radius 2 is 1.81 bits per heavy atom. The van der Waals surface area contributed by atoms with Gasteiger partial charge in [0.1, 0.15) is 11.5 Å². The smallest absolute Gasteiger partial charge is 0.277 e. The number of aryl methyl sites for hydroxylation is 2. The van der Waals surface area contributed by atoms with Crippen molar-refractivity contribution in [1.29, 1.82) is 0 Å². The van der Waals surface area contributed by atoms with Crippen LogP contribution in [0.25, 0.3) is 0 Å². The van der Waals surface area contributed by atoms with Crippen LogP contribution in [0.5, 0.6) is 11.5 Å². The van der Waals surface area contributed by atoms with Gasteiger partial charge in [-0.05, 0) is 77.3 Å². The molecule has 2 N–H and O–H groups in total. The molecule has 0 fully saturated rings. The third-order valence-corrected chi connectivity index (χ3v) is 4.75. The Morgan fingerprint density at radius 1 is 1.06 bits per heavy atom. The number of ether oxygens (including phenoxy) is 1. The molecule has 3 rings (SSSR count). The van der Waals surface area contributed by atoms with Crippen LogP contribution in [0.2, 0.25) is 0 Å². The number of carbonyl (C=O) groups is 1. The van der Waals surface area contributed by atoms with Gasteiger partial charge in [0.05, 0.1) is 22.1 Å². The highest BCUT2D eigenvalue weighted by molar-refractivity contribution is 9.10. The number of carbonyl (C=O) groups excluding carboxylic acids is 1. The van der Waals surface area contributed by atoms with Crippen molar-refractivity contribution in [3.63, 3.8) is 0 Å². The molecule has 0 saturated carbocycles. The van der Waals surface area contributed by atoms with Crippen LogP contribution in [0.3, 0.4) is 0 Å². The zero-order valence-corrected chi connectivity index (χ0v) is 18.6. The molecule has 7 nitrogen and oxygen atoms in total. The number of amides is 1. The number of rotatable bonds is 7. The molecule has 0 atom stereocenters. The maximum atomic E-state index is 12.0. The SMILES string of the molecule is Cc1cc(C)c(OCC(=O)N/N=C\c2cc(N=Nc3ccccc3)ccc2O)c(Br)c1. The molecule has 0 saturated heterocycles. The quantitative estimate of drug-likeness (QED) is 0.257. The Morgan fingerprint density at radius 3 is 2.55 bits per heavy atom. The predicted molar refractivity (Wildman–Crippen MR) is 124 cm³/mol. The molecular weight excluding hydrogens is 460 g/mol. The van der Waals surface area contributed by atoms with Crippen molar-refractivity contribution < 1.29 is 14.6 Å². The van der Waals surface area contributed by atoms with E-state index < -0.39 is 5.91 Å². The molecule has 8 heteroatoms. The fourth-order valence-corrected chi connectivity index (χ4v) is 3.54. The van der Waals surface area contributed by atoms with Crippen molar-refractivity contribution in [3.8, 4) is 11.5 Å². The molecule has 31 heavy (non-hydrogen) atoms. The van der Waals surface area contributed by atoms with Crippen molar-refractivity contribution in [2.24, 2.45) is 15.3 Å². The Kier molecular flexibility index (Phi) is 7.50. The fraction of sp³-hybridized carbons (Fsp3) is 0.130. The summed E-state index contributed by atoms with van der Waals surface area (Å²) in [5.41, 5.74) is 6.05. The van der Waals surface area contributed by atoms with Gasteiger partial charge >= 0.3 is 0 Å². The van der Waals surface area contributed by atoms with Crippen LogP contribution < -0.4 is 10.2 Å². The van der Waals surface area contributed by atoms with Crippen LogP contribution in [0.15, 0.2) is 80.5 Å². The Hall–Kier alpha value is -3.52. The molecule has 0 heterocycles. The van der Waals surface area contributed by atoms with E-state index in [1.807, 2.05) is 56.3 Å². The first kappa shape index (κ1) is 22.2. The highest BCUT2D eigenvalue weighted by Crippen LogP contribution is 2.30. The minimum absolute atomic E-state index is 0.00659. The van der Waals surface area contributed by atoms with Crippen LogP contribution >= 0.6 is 15.9 Å². The molecule has 158 valence electrons.